The quantitative estimate of drug-likeness (QED) is 0.874. The van der Waals surface area contributed by atoms with Crippen LogP contribution in [-0.2, 0) is 11.8 Å². The van der Waals surface area contributed by atoms with Gasteiger partial charge in [-0.3, -0.25) is 4.68 Å². The summed E-state index contributed by atoms with van der Waals surface area (Å²) >= 11 is 0. The van der Waals surface area contributed by atoms with Crippen molar-refractivity contribution in [1.82, 2.24) is 9.78 Å². The van der Waals surface area contributed by atoms with Gasteiger partial charge in [0.25, 0.3) is 0 Å². The first-order valence-corrected chi connectivity index (χ1v) is 6.76. The van der Waals surface area contributed by atoms with Crippen LogP contribution in [0.25, 0.3) is 0 Å². The molecule has 1 N–H and O–H groups in total. The summed E-state index contributed by atoms with van der Waals surface area (Å²) in [6.45, 7) is 9.78. The Bertz CT molecular complexity index is 397. The van der Waals surface area contributed by atoms with E-state index < -0.39 is 0 Å². The Morgan fingerprint density at radius 2 is 2.28 bits per heavy atom. The van der Waals surface area contributed by atoms with Crippen LogP contribution in [0.2, 0.25) is 0 Å². The molecule has 0 saturated heterocycles. The van der Waals surface area contributed by atoms with Gasteiger partial charge < -0.3 is 10.1 Å². The van der Waals surface area contributed by atoms with E-state index in [1.54, 1.807) is 0 Å². The van der Waals surface area contributed by atoms with Crippen LogP contribution in [0.15, 0.2) is 12.4 Å². The lowest BCUT2D eigenvalue weighted by atomic mass is 9.64. The van der Waals surface area contributed by atoms with Gasteiger partial charge in [-0.05, 0) is 12.3 Å². The molecular formula is C14H25N3O. The van der Waals surface area contributed by atoms with Crippen LogP contribution in [0.1, 0.15) is 34.1 Å². The fourth-order valence-corrected chi connectivity index (χ4v) is 2.42. The number of ether oxygens (including phenoxy) is 1. The number of hydrogen-bond donors (Lipinski definition) is 1. The molecule has 1 aromatic heterocycles. The van der Waals surface area contributed by atoms with E-state index in [9.17, 15) is 0 Å². The fraction of sp³-hybridized carbons (Fsp3) is 0.786. The van der Waals surface area contributed by atoms with E-state index >= 15 is 0 Å². The van der Waals surface area contributed by atoms with Crippen LogP contribution >= 0.6 is 0 Å². The lowest BCUT2D eigenvalue weighted by Gasteiger charge is -2.52. The van der Waals surface area contributed by atoms with Crippen molar-refractivity contribution in [2.24, 2.45) is 18.4 Å². The molecule has 2 atom stereocenters. The van der Waals surface area contributed by atoms with Gasteiger partial charge in [-0.2, -0.15) is 5.10 Å². The zero-order valence-corrected chi connectivity index (χ0v) is 12.1. The smallest absolute Gasteiger partial charge is 0.0728 e. The van der Waals surface area contributed by atoms with Crippen molar-refractivity contribution in [3.05, 3.63) is 12.4 Å². The van der Waals surface area contributed by atoms with Crippen molar-refractivity contribution in [1.29, 1.82) is 0 Å². The molecule has 0 radical (unpaired) electrons. The summed E-state index contributed by atoms with van der Waals surface area (Å²) in [4.78, 5) is 0. The number of aryl methyl sites for hydroxylation is 1. The van der Waals surface area contributed by atoms with Gasteiger partial charge in [0.15, 0.2) is 0 Å². The van der Waals surface area contributed by atoms with Crippen LogP contribution in [-0.4, -0.2) is 28.5 Å². The summed E-state index contributed by atoms with van der Waals surface area (Å²) in [6.07, 6.45) is 5.33. The van der Waals surface area contributed by atoms with Crippen LogP contribution in [0.4, 0.5) is 5.69 Å². The second-order valence-electron chi connectivity index (χ2n) is 6.37. The maximum absolute atomic E-state index is 5.97. The Hall–Kier alpha value is -1.03. The number of anilines is 1. The van der Waals surface area contributed by atoms with Crippen molar-refractivity contribution in [2.75, 3.05) is 11.9 Å². The summed E-state index contributed by atoms with van der Waals surface area (Å²) in [6, 6.07) is 0.471. The van der Waals surface area contributed by atoms with Crippen LogP contribution in [0, 0.1) is 11.3 Å². The van der Waals surface area contributed by atoms with Crippen LogP contribution < -0.4 is 5.32 Å². The van der Waals surface area contributed by atoms with Gasteiger partial charge in [0.2, 0.25) is 0 Å². The Morgan fingerprint density at radius 1 is 1.56 bits per heavy atom. The van der Waals surface area contributed by atoms with E-state index in [2.05, 4.69) is 38.1 Å². The van der Waals surface area contributed by atoms with Gasteiger partial charge in [-0.25, -0.2) is 0 Å². The van der Waals surface area contributed by atoms with E-state index in [0.717, 1.165) is 18.7 Å². The van der Waals surface area contributed by atoms with E-state index in [0.29, 0.717) is 18.1 Å². The predicted octanol–water partition coefficient (Wildman–Crippen LogP) is 2.67. The Kier molecular flexibility index (Phi) is 3.66. The van der Waals surface area contributed by atoms with E-state index in [4.69, 9.17) is 4.74 Å². The maximum Gasteiger partial charge on any atom is 0.0728 e. The standard InChI is InChI=1S/C14H25N3O/c1-10(2)9-18-13-6-12(14(13,3)4)16-11-7-15-17(5)8-11/h7-8,10,12-13,16H,6,9H2,1-5H3. The molecule has 102 valence electrons. The Balaban J connectivity index is 1.86. The summed E-state index contributed by atoms with van der Waals surface area (Å²) in [7, 11) is 1.94. The van der Waals surface area contributed by atoms with Gasteiger partial charge >= 0.3 is 0 Å². The van der Waals surface area contributed by atoms with Gasteiger partial charge in [-0.1, -0.05) is 27.7 Å². The summed E-state index contributed by atoms with van der Waals surface area (Å²) in [5.41, 5.74) is 1.28. The first-order chi connectivity index (χ1) is 8.39. The lowest BCUT2D eigenvalue weighted by molar-refractivity contribution is -0.108. The maximum atomic E-state index is 5.97. The molecule has 0 spiro atoms. The highest BCUT2D eigenvalue weighted by Crippen LogP contribution is 2.44. The average molecular weight is 251 g/mol. The zero-order valence-electron chi connectivity index (χ0n) is 12.1. The average Bonchev–Trinajstić information content (AvgIpc) is 2.68. The molecular weight excluding hydrogens is 226 g/mol. The van der Waals surface area contributed by atoms with Crippen molar-refractivity contribution in [3.63, 3.8) is 0 Å². The van der Waals surface area contributed by atoms with Crippen molar-refractivity contribution in [2.45, 2.75) is 46.3 Å². The summed E-state index contributed by atoms with van der Waals surface area (Å²) < 4.78 is 7.79. The fourth-order valence-electron chi connectivity index (χ4n) is 2.42. The summed E-state index contributed by atoms with van der Waals surface area (Å²) in [5, 5.41) is 7.72. The molecule has 1 fully saturated rings. The van der Waals surface area contributed by atoms with Crippen LogP contribution in [0.3, 0.4) is 0 Å². The van der Waals surface area contributed by atoms with E-state index in [-0.39, 0.29) is 5.41 Å². The van der Waals surface area contributed by atoms with Crippen LogP contribution in [0.5, 0.6) is 0 Å². The molecule has 1 saturated carbocycles. The van der Waals surface area contributed by atoms with Gasteiger partial charge in [0.1, 0.15) is 0 Å². The third-order valence-corrected chi connectivity index (χ3v) is 3.85. The normalized spacial score (nSPS) is 26.1. The number of hydrogen-bond acceptors (Lipinski definition) is 3. The molecule has 2 rings (SSSR count). The minimum atomic E-state index is 0.185. The number of nitrogens with zero attached hydrogens (tertiary/aromatic N) is 2. The first-order valence-electron chi connectivity index (χ1n) is 6.76. The third kappa shape index (κ3) is 2.69. The van der Waals surface area contributed by atoms with E-state index in [1.165, 1.54) is 0 Å². The molecule has 4 nitrogen and oxygen atoms in total. The molecule has 1 aliphatic rings. The second kappa shape index (κ2) is 4.92. The molecule has 1 aromatic rings. The van der Waals surface area contributed by atoms with Gasteiger partial charge in [0, 0.05) is 31.3 Å². The molecule has 0 aromatic carbocycles. The molecule has 0 aliphatic heterocycles. The topological polar surface area (TPSA) is 39.1 Å². The molecule has 2 unspecified atom stereocenters. The Morgan fingerprint density at radius 3 is 2.78 bits per heavy atom. The predicted molar refractivity (Wildman–Crippen MR) is 73.6 cm³/mol. The lowest BCUT2D eigenvalue weighted by Crippen LogP contribution is -2.58. The second-order valence-corrected chi connectivity index (χ2v) is 6.37. The minimum Gasteiger partial charge on any atom is -0.379 e. The highest BCUT2D eigenvalue weighted by molar-refractivity contribution is 5.41. The third-order valence-electron chi connectivity index (χ3n) is 3.85. The highest BCUT2D eigenvalue weighted by atomic mass is 16.5. The molecule has 1 heterocycles. The SMILES string of the molecule is CC(C)COC1CC(Nc2cnn(C)c2)C1(C)C. The number of rotatable bonds is 5. The Labute approximate surface area is 110 Å². The monoisotopic (exact) mass is 251 g/mol. The molecule has 18 heavy (non-hydrogen) atoms. The van der Waals surface area contributed by atoms with E-state index in [1.807, 2.05) is 24.1 Å². The van der Waals surface area contributed by atoms with Crippen molar-refractivity contribution < 1.29 is 4.74 Å². The molecule has 0 bridgehead atoms. The molecule has 0 amide bonds. The molecule has 4 heteroatoms. The summed E-state index contributed by atoms with van der Waals surface area (Å²) in [5.74, 6) is 0.603. The number of aromatic nitrogens is 2. The van der Waals surface area contributed by atoms with Crippen molar-refractivity contribution >= 4 is 5.69 Å². The first kappa shape index (κ1) is 13.4. The van der Waals surface area contributed by atoms with Gasteiger partial charge in [-0.15, -0.1) is 0 Å². The zero-order chi connectivity index (χ0) is 13.3. The minimum absolute atomic E-state index is 0.185. The highest BCUT2D eigenvalue weighted by Gasteiger charge is 2.49. The van der Waals surface area contributed by atoms with Gasteiger partial charge in [0.05, 0.1) is 18.0 Å². The number of nitrogens with one attached hydrogen (secondary N) is 1. The van der Waals surface area contributed by atoms with Crippen molar-refractivity contribution in [3.8, 4) is 0 Å². The molecule has 1 aliphatic carbocycles. The largest absolute Gasteiger partial charge is 0.379 e.